The Morgan fingerprint density at radius 1 is 1.10 bits per heavy atom. The summed E-state index contributed by atoms with van der Waals surface area (Å²) >= 11 is 6.54. The second kappa shape index (κ2) is 5.36. The van der Waals surface area contributed by atoms with Crippen molar-refractivity contribution in [2.75, 3.05) is 19.8 Å². The minimum absolute atomic E-state index is 0.00454. The van der Waals surface area contributed by atoms with Crippen LogP contribution in [0.1, 0.15) is 45.1 Å². The highest BCUT2D eigenvalue weighted by atomic mass is 35.5. The number of hydrogen-bond donors (Lipinski definition) is 1. The molecule has 0 unspecified atom stereocenters. The number of halogens is 1. The maximum Gasteiger partial charge on any atom is 0.162 e. The van der Waals surface area contributed by atoms with Crippen LogP contribution >= 0.6 is 11.6 Å². The number of hydrogen-bond acceptors (Lipinski definition) is 3. The highest BCUT2D eigenvalue weighted by Gasteiger charge is 2.37. The van der Waals surface area contributed by atoms with E-state index in [2.05, 4.69) is 19.9 Å². The molecule has 0 atom stereocenters. The molecule has 0 radical (unpaired) electrons. The summed E-state index contributed by atoms with van der Waals surface area (Å²) < 4.78 is 11.9. The van der Waals surface area contributed by atoms with Gasteiger partial charge < -0.3 is 15.2 Å². The lowest BCUT2D eigenvalue weighted by Gasteiger charge is -2.29. The van der Waals surface area contributed by atoms with Gasteiger partial charge in [0.25, 0.3) is 0 Å². The molecule has 3 nitrogen and oxygen atoms in total. The van der Waals surface area contributed by atoms with Crippen molar-refractivity contribution in [3.63, 3.8) is 0 Å². The number of nitrogens with two attached hydrogens (primary N) is 1. The van der Waals surface area contributed by atoms with Crippen molar-refractivity contribution in [3.05, 3.63) is 22.7 Å². The maximum atomic E-state index is 6.54. The number of benzene rings is 1. The van der Waals surface area contributed by atoms with Gasteiger partial charge in [-0.25, -0.2) is 0 Å². The van der Waals surface area contributed by atoms with E-state index in [1.165, 1.54) is 12.8 Å². The Hall–Kier alpha value is -0.930. The predicted octanol–water partition coefficient (Wildman–Crippen LogP) is 3.91. The molecule has 1 aromatic carbocycles. The maximum absolute atomic E-state index is 6.54. The monoisotopic (exact) mass is 309 g/mol. The summed E-state index contributed by atoms with van der Waals surface area (Å²) in [5, 5.41) is 0.754. The van der Waals surface area contributed by atoms with Crippen LogP contribution in [0.3, 0.4) is 0 Å². The van der Waals surface area contributed by atoms with Gasteiger partial charge in [0, 0.05) is 28.5 Å². The van der Waals surface area contributed by atoms with E-state index in [9.17, 15) is 0 Å². The summed E-state index contributed by atoms with van der Waals surface area (Å²) in [5.74, 6) is 1.55. The zero-order valence-corrected chi connectivity index (χ0v) is 13.6. The van der Waals surface area contributed by atoms with Gasteiger partial charge in [-0.05, 0) is 24.5 Å². The van der Waals surface area contributed by atoms with Crippen LogP contribution in [-0.2, 0) is 5.41 Å². The molecule has 0 spiro atoms. The molecule has 1 saturated carbocycles. The lowest BCUT2D eigenvalue weighted by molar-refractivity contribution is 0.140. The van der Waals surface area contributed by atoms with Crippen LogP contribution in [0.25, 0.3) is 0 Å². The van der Waals surface area contributed by atoms with E-state index in [-0.39, 0.29) is 10.8 Å². The first-order valence-corrected chi connectivity index (χ1v) is 8.13. The number of fused-ring (bicyclic) bond motifs is 1. The van der Waals surface area contributed by atoms with Crippen LogP contribution in [0.15, 0.2) is 12.1 Å². The van der Waals surface area contributed by atoms with Crippen molar-refractivity contribution in [1.29, 1.82) is 0 Å². The molecule has 0 amide bonds. The van der Waals surface area contributed by atoms with Crippen molar-refractivity contribution in [2.24, 2.45) is 11.1 Å². The van der Waals surface area contributed by atoms with Gasteiger partial charge in [-0.2, -0.15) is 0 Å². The van der Waals surface area contributed by atoms with Crippen LogP contribution in [0.4, 0.5) is 0 Å². The van der Waals surface area contributed by atoms with Gasteiger partial charge in [0.15, 0.2) is 11.5 Å². The quantitative estimate of drug-likeness (QED) is 0.901. The number of rotatable bonds is 2. The van der Waals surface area contributed by atoms with Crippen LogP contribution < -0.4 is 15.2 Å². The van der Waals surface area contributed by atoms with Gasteiger partial charge in [-0.1, -0.05) is 38.3 Å². The van der Waals surface area contributed by atoms with E-state index in [0.29, 0.717) is 19.8 Å². The molecule has 1 aliphatic heterocycles. The Labute approximate surface area is 131 Å². The lowest BCUT2D eigenvalue weighted by Crippen LogP contribution is -2.32. The van der Waals surface area contributed by atoms with E-state index in [1.807, 2.05) is 6.07 Å². The minimum Gasteiger partial charge on any atom is -0.489 e. The molecule has 0 saturated heterocycles. The zero-order valence-electron chi connectivity index (χ0n) is 12.9. The minimum atomic E-state index is 0.00454. The summed E-state index contributed by atoms with van der Waals surface area (Å²) in [7, 11) is 0. The van der Waals surface area contributed by atoms with E-state index >= 15 is 0 Å². The largest absolute Gasteiger partial charge is 0.489 e. The average Bonchev–Trinajstić information content (AvgIpc) is 2.88. The van der Waals surface area contributed by atoms with Crippen molar-refractivity contribution < 1.29 is 9.47 Å². The molecule has 1 aromatic rings. The molecule has 2 aliphatic rings. The third kappa shape index (κ3) is 2.74. The summed E-state index contributed by atoms with van der Waals surface area (Å²) in [6, 6.07) is 3.97. The Bertz CT molecular complexity index is 536. The molecule has 1 heterocycles. The van der Waals surface area contributed by atoms with E-state index in [0.717, 1.165) is 34.9 Å². The fraction of sp³-hybridized carbons (Fsp3) is 0.647. The Morgan fingerprint density at radius 2 is 1.67 bits per heavy atom. The van der Waals surface area contributed by atoms with Crippen LogP contribution in [0.5, 0.6) is 11.5 Å². The first-order chi connectivity index (χ1) is 9.96. The summed E-state index contributed by atoms with van der Waals surface area (Å²) in [6.07, 6.45) is 4.65. The van der Waals surface area contributed by atoms with E-state index in [4.69, 9.17) is 26.8 Å². The van der Waals surface area contributed by atoms with Crippen LogP contribution in [-0.4, -0.2) is 19.8 Å². The van der Waals surface area contributed by atoms with Crippen molar-refractivity contribution in [2.45, 2.75) is 44.9 Å². The lowest BCUT2D eigenvalue weighted by atomic mass is 9.79. The van der Waals surface area contributed by atoms with Gasteiger partial charge in [-0.15, -0.1) is 0 Å². The molecule has 21 heavy (non-hydrogen) atoms. The first kappa shape index (κ1) is 15.0. The topological polar surface area (TPSA) is 44.5 Å². The van der Waals surface area contributed by atoms with E-state index in [1.54, 1.807) is 0 Å². The highest BCUT2D eigenvalue weighted by molar-refractivity contribution is 6.31. The van der Waals surface area contributed by atoms with Crippen LogP contribution in [0.2, 0.25) is 5.02 Å². The molecule has 1 fully saturated rings. The standard InChI is InChI=1S/C17H24ClNO2/c1-16(2)10-20-14-7-12(13(18)8-15(14)21-11-16)17(9-19)5-3-4-6-17/h7-8H,3-6,9-11,19H2,1-2H3. The van der Waals surface area contributed by atoms with Crippen molar-refractivity contribution >= 4 is 11.6 Å². The third-order valence-electron chi connectivity index (χ3n) is 4.79. The van der Waals surface area contributed by atoms with Crippen molar-refractivity contribution in [1.82, 2.24) is 0 Å². The second-order valence-electron chi connectivity index (χ2n) is 7.21. The van der Waals surface area contributed by atoms with Gasteiger partial charge in [0.1, 0.15) is 0 Å². The van der Waals surface area contributed by atoms with Gasteiger partial charge in [-0.3, -0.25) is 0 Å². The van der Waals surface area contributed by atoms with E-state index < -0.39 is 0 Å². The molecule has 0 bridgehead atoms. The Kier molecular flexibility index (Phi) is 3.83. The van der Waals surface area contributed by atoms with Gasteiger partial charge in [0.05, 0.1) is 13.2 Å². The molecular formula is C17H24ClNO2. The smallest absolute Gasteiger partial charge is 0.162 e. The van der Waals surface area contributed by atoms with Crippen LogP contribution in [0, 0.1) is 5.41 Å². The van der Waals surface area contributed by atoms with Gasteiger partial charge in [0.2, 0.25) is 0 Å². The first-order valence-electron chi connectivity index (χ1n) is 7.76. The molecule has 4 heteroatoms. The predicted molar refractivity (Wildman–Crippen MR) is 85.4 cm³/mol. The molecular weight excluding hydrogens is 286 g/mol. The SMILES string of the molecule is CC1(C)COc2cc(Cl)c(C3(CN)CCCC3)cc2OC1. The van der Waals surface area contributed by atoms with Gasteiger partial charge >= 0.3 is 0 Å². The third-order valence-corrected chi connectivity index (χ3v) is 5.11. The summed E-state index contributed by atoms with van der Waals surface area (Å²) in [4.78, 5) is 0. The molecule has 0 aromatic heterocycles. The van der Waals surface area contributed by atoms with Crippen molar-refractivity contribution in [3.8, 4) is 11.5 Å². The Morgan fingerprint density at radius 3 is 2.24 bits per heavy atom. The average molecular weight is 310 g/mol. The number of ether oxygens (including phenoxy) is 2. The molecule has 116 valence electrons. The summed E-state index contributed by atoms with van der Waals surface area (Å²) in [6.45, 7) is 6.20. The Balaban J connectivity index is 2.00. The molecule has 1 aliphatic carbocycles. The second-order valence-corrected chi connectivity index (χ2v) is 7.62. The zero-order chi connectivity index (χ0) is 15.1. The molecule has 3 rings (SSSR count). The fourth-order valence-electron chi connectivity index (χ4n) is 3.39. The normalized spacial score (nSPS) is 22.9. The highest BCUT2D eigenvalue weighted by Crippen LogP contribution is 2.47. The molecule has 2 N–H and O–H groups in total. The fourth-order valence-corrected chi connectivity index (χ4v) is 3.74. The summed E-state index contributed by atoms with van der Waals surface area (Å²) in [5.41, 5.74) is 7.24.